The summed E-state index contributed by atoms with van der Waals surface area (Å²) in [4.78, 5) is 15.3. The molecule has 1 atom stereocenters. The van der Waals surface area contributed by atoms with Crippen molar-refractivity contribution in [1.29, 1.82) is 0 Å². The third-order valence-electron chi connectivity index (χ3n) is 1.88. The third kappa shape index (κ3) is 2.73. The standard InChI is InChI=1S/C10H14N2O2/c1-3-7(2)14-10(13)8-4-9(11)6-12-5-8/h4-7H,3,11H2,1-2H3. The smallest absolute Gasteiger partial charge is 0.340 e. The van der Waals surface area contributed by atoms with Gasteiger partial charge in [0.2, 0.25) is 0 Å². The number of ether oxygens (including phenoxy) is 1. The van der Waals surface area contributed by atoms with Gasteiger partial charge in [-0.3, -0.25) is 4.98 Å². The first-order valence-corrected chi connectivity index (χ1v) is 4.55. The molecule has 0 aromatic carbocycles. The first-order valence-electron chi connectivity index (χ1n) is 4.55. The number of carbonyl (C=O) groups excluding carboxylic acids is 1. The lowest BCUT2D eigenvalue weighted by molar-refractivity contribution is 0.0334. The number of esters is 1. The number of anilines is 1. The number of hydrogen-bond donors (Lipinski definition) is 1. The van der Waals surface area contributed by atoms with Crippen LogP contribution in [0.15, 0.2) is 18.5 Å². The highest BCUT2D eigenvalue weighted by Gasteiger charge is 2.10. The van der Waals surface area contributed by atoms with Crippen LogP contribution in [-0.4, -0.2) is 17.1 Å². The van der Waals surface area contributed by atoms with Gasteiger partial charge in [0.15, 0.2) is 0 Å². The second-order valence-electron chi connectivity index (χ2n) is 3.13. The highest BCUT2D eigenvalue weighted by molar-refractivity contribution is 5.90. The number of pyridine rings is 1. The molecule has 0 amide bonds. The number of hydrogen-bond acceptors (Lipinski definition) is 4. The van der Waals surface area contributed by atoms with E-state index >= 15 is 0 Å². The molecular formula is C10H14N2O2. The molecule has 14 heavy (non-hydrogen) atoms. The maximum absolute atomic E-state index is 11.4. The van der Waals surface area contributed by atoms with Crippen LogP contribution in [0.25, 0.3) is 0 Å². The zero-order chi connectivity index (χ0) is 10.6. The van der Waals surface area contributed by atoms with E-state index < -0.39 is 0 Å². The maximum atomic E-state index is 11.4. The second kappa shape index (κ2) is 4.60. The van der Waals surface area contributed by atoms with Crippen LogP contribution in [0.3, 0.4) is 0 Å². The van der Waals surface area contributed by atoms with Crippen molar-refractivity contribution in [3.05, 3.63) is 24.0 Å². The van der Waals surface area contributed by atoms with Gasteiger partial charge in [-0.2, -0.15) is 0 Å². The first-order chi connectivity index (χ1) is 6.63. The fourth-order valence-electron chi connectivity index (χ4n) is 0.903. The lowest BCUT2D eigenvalue weighted by atomic mass is 10.2. The fraction of sp³-hybridized carbons (Fsp3) is 0.400. The van der Waals surface area contributed by atoms with Crippen LogP contribution in [0.4, 0.5) is 5.69 Å². The fourth-order valence-corrected chi connectivity index (χ4v) is 0.903. The van der Waals surface area contributed by atoms with Crippen LogP contribution in [-0.2, 0) is 4.74 Å². The van der Waals surface area contributed by atoms with E-state index in [0.29, 0.717) is 11.3 Å². The Labute approximate surface area is 83.1 Å². The van der Waals surface area contributed by atoms with Gasteiger partial charge in [0.25, 0.3) is 0 Å². The topological polar surface area (TPSA) is 65.2 Å². The summed E-state index contributed by atoms with van der Waals surface area (Å²) in [6, 6.07) is 1.55. The number of nitrogens with zero attached hydrogens (tertiary/aromatic N) is 1. The molecule has 1 heterocycles. The summed E-state index contributed by atoms with van der Waals surface area (Å²) in [6.45, 7) is 3.80. The van der Waals surface area contributed by atoms with Crippen molar-refractivity contribution in [1.82, 2.24) is 4.98 Å². The maximum Gasteiger partial charge on any atom is 0.340 e. The quantitative estimate of drug-likeness (QED) is 0.742. The molecule has 1 aromatic heterocycles. The van der Waals surface area contributed by atoms with Crippen molar-refractivity contribution in [3.63, 3.8) is 0 Å². The molecule has 0 bridgehead atoms. The Morgan fingerprint density at radius 2 is 2.36 bits per heavy atom. The number of aromatic nitrogens is 1. The van der Waals surface area contributed by atoms with Crippen molar-refractivity contribution >= 4 is 11.7 Å². The molecule has 1 unspecified atom stereocenters. The Kier molecular flexibility index (Phi) is 3.45. The number of nitrogen functional groups attached to an aromatic ring is 1. The van der Waals surface area contributed by atoms with Gasteiger partial charge in [-0.25, -0.2) is 4.79 Å². The van der Waals surface area contributed by atoms with E-state index in [4.69, 9.17) is 10.5 Å². The highest BCUT2D eigenvalue weighted by atomic mass is 16.5. The molecule has 76 valence electrons. The summed E-state index contributed by atoms with van der Waals surface area (Å²) in [5, 5.41) is 0. The molecule has 0 aliphatic heterocycles. The average molecular weight is 194 g/mol. The Morgan fingerprint density at radius 1 is 1.64 bits per heavy atom. The minimum atomic E-state index is -0.376. The molecule has 0 aliphatic carbocycles. The van der Waals surface area contributed by atoms with Crippen LogP contribution in [0, 0.1) is 0 Å². The molecule has 0 radical (unpaired) electrons. The summed E-state index contributed by atoms with van der Waals surface area (Å²) in [6.07, 6.45) is 3.65. The zero-order valence-electron chi connectivity index (χ0n) is 8.36. The van der Waals surface area contributed by atoms with Gasteiger partial charge in [-0.1, -0.05) is 6.92 Å². The molecule has 4 nitrogen and oxygen atoms in total. The predicted octanol–water partition coefficient (Wildman–Crippen LogP) is 1.62. The zero-order valence-corrected chi connectivity index (χ0v) is 8.36. The Morgan fingerprint density at radius 3 is 2.93 bits per heavy atom. The monoisotopic (exact) mass is 194 g/mol. The van der Waals surface area contributed by atoms with E-state index in [0.717, 1.165) is 6.42 Å². The molecule has 0 saturated heterocycles. The molecule has 4 heteroatoms. The van der Waals surface area contributed by atoms with Crippen LogP contribution in [0.2, 0.25) is 0 Å². The van der Waals surface area contributed by atoms with Crippen molar-refractivity contribution in [2.24, 2.45) is 0 Å². The molecule has 1 rings (SSSR count). The Bertz CT molecular complexity index is 326. The van der Waals surface area contributed by atoms with Gasteiger partial charge in [0, 0.05) is 12.4 Å². The number of rotatable bonds is 3. The van der Waals surface area contributed by atoms with Crippen molar-refractivity contribution in [2.45, 2.75) is 26.4 Å². The van der Waals surface area contributed by atoms with Gasteiger partial charge < -0.3 is 10.5 Å². The third-order valence-corrected chi connectivity index (χ3v) is 1.88. The van der Waals surface area contributed by atoms with Crippen LogP contribution in [0.1, 0.15) is 30.6 Å². The largest absolute Gasteiger partial charge is 0.459 e. The van der Waals surface area contributed by atoms with Crippen molar-refractivity contribution in [2.75, 3.05) is 5.73 Å². The number of nitrogens with two attached hydrogens (primary N) is 1. The summed E-state index contributed by atoms with van der Waals surface area (Å²) < 4.78 is 5.11. The van der Waals surface area contributed by atoms with E-state index in [1.54, 1.807) is 6.07 Å². The second-order valence-corrected chi connectivity index (χ2v) is 3.13. The first kappa shape index (κ1) is 10.5. The van der Waals surface area contributed by atoms with Crippen LogP contribution >= 0.6 is 0 Å². The lowest BCUT2D eigenvalue weighted by Gasteiger charge is -2.10. The van der Waals surface area contributed by atoms with Crippen LogP contribution < -0.4 is 5.73 Å². The molecule has 0 fully saturated rings. The Balaban J connectivity index is 2.70. The predicted molar refractivity (Wildman–Crippen MR) is 53.8 cm³/mol. The van der Waals surface area contributed by atoms with E-state index in [9.17, 15) is 4.79 Å². The van der Waals surface area contributed by atoms with Gasteiger partial charge >= 0.3 is 5.97 Å². The van der Waals surface area contributed by atoms with E-state index in [1.807, 2.05) is 13.8 Å². The molecular weight excluding hydrogens is 180 g/mol. The number of carbonyl (C=O) groups is 1. The summed E-state index contributed by atoms with van der Waals surface area (Å²) in [5.41, 5.74) is 6.34. The molecule has 0 aliphatic rings. The molecule has 0 saturated carbocycles. The van der Waals surface area contributed by atoms with Gasteiger partial charge in [0.05, 0.1) is 17.4 Å². The summed E-state index contributed by atoms with van der Waals surface area (Å²) in [5.74, 6) is -0.376. The molecule has 2 N–H and O–H groups in total. The Hall–Kier alpha value is -1.58. The normalized spacial score (nSPS) is 12.1. The van der Waals surface area contributed by atoms with Crippen molar-refractivity contribution < 1.29 is 9.53 Å². The van der Waals surface area contributed by atoms with E-state index in [2.05, 4.69) is 4.98 Å². The van der Waals surface area contributed by atoms with Gasteiger partial charge in [-0.05, 0) is 19.4 Å². The SMILES string of the molecule is CCC(C)OC(=O)c1cncc(N)c1. The molecule has 1 aromatic rings. The van der Waals surface area contributed by atoms with Gasteiger partial charge in [0.1, 0.15) is 0 Å². The minimum Gasteiger partial charge on any atom is -0.459 e. The lowest BCUT2D eigenvalue weighted by Crippen LogP contribution is -2.14. The minimum absolute atomic E-state index is 0.0797. The highest BCUT2D eigenvalue weighted by Crippen LogP contribution is 2.07. The summed E-state index contributed by atoms with van der Waals surface area (Å²) >= 11 is 0. The van der Waals surface area contributed by atoms with Gasteiger partial charge in [-0.15, -0.1) is 0 Å². The average Bonchev–Trinajstić information content (AvgIpc) is 2.17. The van der Waals surface area contributed by atoms with Crippen LogP contribution in [0.5, 0.6) is 0 Å². The van der Waals surface area contributed by atoms with E-state index in [-0.39, 0.29) is 12.1 Å². The molecule has 0 spiro atoms. The summed E-state index contributed by atoms with van der Waals surface area (Å²) in [7, 11) is 0. The van der Waals surface area contributed by atoms with Crippen molar-refractivity contribution in [3.8, 4) is 0 Å². The van der Waals surface area contributed by atoms with E-state index in [1.165, 1.54) is 12.4 Å².